The number of rotatable bonds is 3. The molecule has 2 aromatic carbocycles. The summed E-state index contributed by atoms with van der Waals surface area (Å²) in [5.74, 6) is 1.16. The SMILES string of the molecule is CC(C)C1CN(c2nc3ccccc3c(=O)[nH]2)CCN1/C(=N\C#N)Nc1cccc2c1ccc[n+]2[O-]. The van der Waals surface area contributed by atoms with Crippen molar-refractivity contribution in [3.63, 3.8) is 0 Å². The fourth-order valence-corrected chi connectivity index (χ4v) is 4.72. The van der Waals surface area contributed by atoms with Crippen molar-refractivity contribution in [2.45, 2.75) is 19.9 Å². The van der Waals surface area contributed by atoms with Crippen molar-refractivity contribution in [1.29, 1.82) is 5.26 Å². The Kier molecular flexibility index (Phi) is 6.12. The van der Waals surface area contributed by atoms with Crippen molar-refractivity contribution in [2.24, 2.45) is 10.9 Å². The number of hydrogen-bond donors (Lipinski definition) is 2. The number of nitrogens with one attached hydrogen (secondary N) is 2. The molecule has 2 N–H and O–H groups in total. The average molecular weight is 483 g/mol. The highest BCUT2D eigenvalue weighted by Crippen LogP contribution is 2.25. The van der Waals surface area contributed by atoms with Crippen LogP contribution in [0.2, 0.25) is 0 Å². The van der Waals surface area contributed by atoms with Gasteiger partial charge < -0.3 is 20.3 Å². The number of aromatic amines is 1. The van der Waals surface area contributed by atoms with Gasteiger partial charge in [-0.1, -0.05) is 32.0 Å². The van der Waals surface area contributed by atoms with Crippen LogP contribution in [-0.2, 0) is 0 Å². The smallest absolute Gasteiger partial charge is 0.260 e. The predicted octanol–water partition coefficient (Wildman–Crippen LogP) is 2.81. The molecule has 0 spiro atoms. The first kappa shape index (κ1) is 23.1. The van der Waals surface area contributed by atoms with Crippen LogP contribution in [0.1, 0.15) is 13.8 Å². The van der Waals surface area contributed by atoms with E-state index < -0.39 is 0 Å². The van der Waals surface area contributed by atoms with Crippen molar-refractivity contribution in [1.82, 2.24) is 14.9 Å². The van der Waals surface area contributed by atoms with Gasteiger partial charge in [0, 0.05) is 31.8 Å². The number of aliphatic imine (C=N–C) groups is 1. The second kappa shape index (κ2) is 9.54. The van der Waals surface area contributed by atoms with Gasteiger partial charge in [-0.15, -0.1) is 4.99 Å². The molecule has 0 amide bonds. The van der Waals surface area contributed by atoms with Gasteiger partial charge in [-0.2, -0.15) is 9.99 Å². The number of guanidine groups is 1. The van der Waals surface area contributed by atoms with Crippen LogP contribution in [0.3, 0.4) is 0 Å². The molecule has 5 rings (SSSR count). The van der Waals surface area contributed by atoms with Gasteiger partial charge in [0.25, 0.3) is 5.56 Å². The third-order valence-electron chi connectivity index (χ3n) is 6.57. The van der Waals surface area contributed by atoms with Gasteiger partial charge in [0.15, 0.2) is 6.20 Å². The minimum absolute atomic E-state index is 0.0189. The quantitative estimate of drug-likeness (QED) is 0.151. The van der Waals surface area contributed by atoms with E-state index in [2.05, 4.69) is 38.9 Å². The van der Waals surface area contributed by atoms with Gasteiger partial charge in [0.05, 0.1) is 28.0 Å². The Balaban J connectivity index is 1.45. The van der Waals surface area contributed by atoms with E-state index >= 15 is 0 Å². The zero-order valence-electron chi connectivity index (χ0n) is 20.0. The molecule has 182 valence electrons. The topological polar surface area (TPSA) is 127 Å². The normalized spacial score (nSPS) is 16.5. The Hall–Kier alpha value is -4.65. The largest absolute Gasteiger partial charge is 0.618 e. The van der Waals surface area contributed by atoms with Crippen LogP contribution in [0.5, 0.6) is 0 Å². The molecule has 1 aliphatic rings. The van der Waals surface area contributed by atoms with Crippen molar-refractivity contribution < 1.29 is 4.73 Å². The molecule has 1 atom stereocenters. The van der Waals surface area contributed by atoms with Crippen LogP contribution < -0.4 is 20.5 Å². The first-order valence-corrected chi connectivity index (χ1v) is 11.8. The average Bonchev–Trinajstić information content (AvgIpc) is 2.88. The zero-order valence-corrected chi connectivity index (χ0v) is 20.0. The summed E-state index contributed by atoms with van der Waals surface area (Å²) < 4.78 is 0.814. The second-order valence-corrected chi connectivity index (χ2v) is 9.09. The van der Waals surface area contributed by atoms with E-state index in [0.29, 0.717) is 53.6 Å². The third kappa shape index (κ3) is 4.27. The van der Waals surface area contributed by atoms with Crippen LogP contribution in [0.15, 0.2) is 70.6 Å². The first-order valence-electron chi connectivity index (χ1n) is 11.8. The van der Waals surface area contributed by atoms with Crippen molar-refractivity contribution in [2.75, 3.05) is 29.9 Å². The monoisotopic (exact) mass is 482 g/mol. The zero-order chi connectivity index (χ0) is 25.2. The third-order valence-corrected chi connectivity index (χ3v) is 6.57. The Morgan fingerprint density at radius 3 is 2.81 bits per heavy atom. The minimum atomic E-state index is -0.168. The number of fused-ring (bicyclic) bond motifs is 2. The Morgan fingerprint density at radius 2 is 2.00 bits per heavy atom. The van der Waals surface area contributed by atoms with E-state index in [9.17, 15) is 15.3 Å². The maximum atomic E-state index is 12.6. The summed E-state index contributed by atoms with van der Waals surface area (Å²) >= 11 is 0. The maximum Gasteiger partial charge on any atom is 0.260 e. The van der Waals surface area contributed by atoms with Gasteiger partial charge in [0.1, 0.15) is 0 Å². The first-order chi connectivity index (χ1) is 17.5. The number of nitriles is 1. The summed E-state index contributed by atoms with van der Waals surface area (Å²) in [6, 6.07) is 16.2. The molecule has 3 heterocycles. The number of nitrogens with zero attached hydrogens (tertiary/aromatic N) is 6. The lowest BCUT2D eigenvalue weighted by molar-refractivity contribution is -0.577. The molecule has 1 aliphatic heterocycles. The summed E-state index contributed by atoms with van der Waals surface area (Å²) in [6.07, 6.45) is 3.37. The number of para-hydroxylation sites is 1. The van der Waals surface area contributed by atoms with Gasteiger partial charge in [0.2, 0.25) is 23.6 Å². The summed E-state index contributed by atoms with van der Waals surface area (Å²) in [7, 11) is 0. The molecular weight excluding hydrogens is 456 g/mol. The highest BCUT2D eigenvalue weighted by atomic mass is 16.5. The number of anilines is 2. The number of pyridine rings is 1. The van der Waals surface area contributed by atoms with Gasteiger partial charge in [-0.05, 0) is 30.2 Å². The predicted molar refractivity (Wildman–Crippen MR) is 139 cm³/mol. The molecule has 0 aliphatic carbocycles. The molecule has 10 heteroatoms. The fourth-order valence-electron chi connectivity index (χ4n) is 4.72. The summed E-state index contributed by atoms with van der Waals surface area (Å²) in [4.78, 5) is 28.5. The molecule has 1 unspecified atom stereocenters. The van der Waals surface area contributed by atoms with Crippen LogP contribution in [0.25, 0.3) is 21.8 Å². The molecule has 4 aromatic rings. The van der Waals surface area contributed by atoms with E-state index in [1.807, 2.05) is 36.5 Å². The number of piperazine rings is 1. The standard InChI is InChI=1S/C26H26N8O2/c1-17(2)23-15-32(26-30-21-9-4-3-7-19(21)24(35)31-26)13-14-33(23)25(28-16-27)29-20-10-5-11-22-18(20)8-6-12-34(22)36/h3-12,17,23H,13-15H2,1-2H3,(H,28,29)(H,30,31,35). The van der Waals surface area contributed by atoms with E-state index in [0.717, 1.165) is 10.1 Å². The number of hydrogen-bond acceptors (Lipinski definition) is 6. The maximum absolute atomic E-state index is 12.6. The highest BCUT2D eigenvalue weighted by molar-refractivity contribution is 6.02. The van der Waals surface area contributed by atoms with Gasteiger partial charge in [-0.3, -0.25) is 9.78 Å². The minimum Gasteiger partial charge on any atom is -0.618 e. The molecule has 1 fully saturated rings. The Labute approximate surface area is 207 Å². The Morgan fingerprint density at radius 1 is 1.19 bits per heavy atom. The molecule has 0 saturated carbocycles. The van der Waals surface area contributed by atoms with E-state index in [4.69, 9.17) is 4.98 Å². The number of benzene rings is 2. The second-order valence-electron chi connectivity index (χ2n) is 9.09. The van der Waals surface area contributed by atoms with Crippen molar-refractivity contribution in [3.05, 3.63) is 76.4 Å². The number of aromatic nitrogens is 3. The van der Waals surface area contributed by atoms with Crippen LogP contribution in [0.4, 0.5) is 11.6 Å². The van der Waals surface area contributed by atoms with Crippen LogP contribution >= 0.6 is 0 Å². The molecule has 10 nitrogen and oxygen atoms in total. The van der Waals surface area contributed by atoms with Gasteiger partial charge >= 0.3 is 0 Å². The summed E-state index contributed by atoms with van der Waals surface area (Å²) in [5.41, 5.74) is 1.70. The fraction of sp³-hybridized carbons (Fsp3) is 0.269. The highest BCUT2D eigenvalue weighted by Gasteiger charge is 2.33. The van der Waals surface area contributed by atoms with E-state index in [1.54, 1.807) is 24.3 Å². The lowest BCUT2D eigenvalue weighted by atomic mass is 10.00. The summed E-state index contributed by atoms with van der Waals surface area (Å²) in [6.45, 7) is 5.94. The molecular formula is C26H26N8O2. The van der Waals surface area contributed by atoms with Crippen LogP contribution in [0, 0.1) is 22.6 Å². The number of H-pyrrole nitrogens is 1. The molecule has 1 saturated heterocycles. The van der Waals surface area contributed by atoms with Gasteiger partial charge in [-0.25, -0.2) is 4.98 Å². The lowest BCUT2D eigenvalue weighted by Gasteiger charge is -2.44. The van der Waals surface area contributed by atoms with Crippen molar-refractivity contribution >= 4 is 39.4 Å². The molecule has 2 aromatic heterocycles. The van der Waals surface area contributed by atoms with E-state index in [1.165, 1.54) is 6.20 Å². The lowest BCUT2D eigenvalue weighted by Crippen LogP contribution is -2.59. The molecule has 36 heavy (non-hydrogen) atoms. The Bertz CT molecular complexity index is 1560. The van der Waals surface area contributed by atoms with Crippen LogP contribution in [-0.4, -0.2) is 46.5 Å². The van der Waals surface area contributed by atoms with E-state index in [-0.39, 0.29) is 17.5 Å². The molecule has 0 radical (unpaired) electrons. The van der Waals surface area contributed by atoms with Crippen molar-refractivity contribution in [3.8, 4) is 6.19 Å². The molecule has 0 bridgehead atoms. The summed E-state index contributed by atoms with van der Waals surface area (Å²) in [5, 5.41) is 26.3.